The summed E-state index contributed by atoms with van der Waals surface area (Å²) in [7, 11) is 0. The molecule has 6 aromatic rings. The van der Waals surface area contributed by atoms with E-state index in [-0.39, 0.29) is 13.2 Å². The standard InChI is InChI=1S/C45H46N2O6S/c48-47(28-34-16-6-1-7-17-34)40(45-46-26-27-54-45)42-44(52-32-38-24-14-5-15-25-38)43(51-31-37-22-12-4-13-23-37)41(50-30-36-20-10-3-11-21-36)39(53-42)33-49-29-35-18-8-2-9-19-35/h1-27,39-44,48H,28-33H2/t39-,40+,41+,42+,43+,44+/m1/s1. The molecule has 2 heterocycles. The highest BCUT2D eigenvalue weighted by Crippen LogP contribution is 2.39. The molecule has 9 heteroatoms. The molecule has 5 aromatic carbocycles. The minimum Gasteiger partial charge on any atom is -0.374 e. The highest BCUT2D eigenvalue weighted by atomic mass is 32.1. The number of hydroxylamine groups is 2. The molecule has 8 nitrogen and oxygen atoms in total. The summed E-state index contributed by atoms with van der Waals surface area (Å²) in [6.07, 6.45) is -1.50. The van der Waals surface area contributed by atoms with Crippen LogP contribution in [-0.4, -0.2) is 52.4 Å². The van der Waals surface area contributed by atoms with Gasteiger partial charge in [0.15, 0.2) is 0 Å². The molecule has 1 aromatic heterocycles. The van der Waals surface area contributed by atoms with Crippen molar-refractivity contribution in [1.82, 2.24) is 10.0 Å². The van der Waals surface area contributed by atoms with Gasteiger partial charge in [-0.05, 0) is 27.8 Å². The van der Waals surface area contributed by atoms with Gasteiger partial charge >= 0.3 is 0 Å². The van der Waals surface area contributed by atoms with Crippen molar-refractivity contribution >= 4 is 11.3 Å². The lowest BCUT2D eigenvalue weighted by atomic mass is 9.90. The third kappa shape index (κ3) is 10.4. The molecule has 0 bridgehead atoms. The fraction of sp³-hybridized carbons (Fsp3) is 0.267. The summed E-state index contributed by atoms with van der Waals surface area (Å²) in [5.74, 6) is 0. The lowest BCUT2D eigenvalue weighted by Crippen LogP contribution is -2.63. The number of benzene rings is 5. The Balaban J connectivity index is 1.28. The number of nitrogens with zero attached hydrogens (tertiary/aromatic N) is 2. The van der Waals surface area contributed by atoms with Gasteiger partial charge in [-0.3, -0.25) is 0 Å². The lowest BCUT2D eigenvalue weighted by molar-refractivity contribution is -0.298. The zero-order chi connectivity index (χ0) is 36.8. The molecule has 7 rings (SSSR count). The van der Waals surface area contributed by atoms with E-state index in [4.69, 9.17) is 28.7 Å². The summed E-state index contributed by atoms with van der Waals surface area (Å²) in [4.78, 5) is 4.73. The van der Waals surface area contributed by atoms with E-state index in [0.717, 1.165) is 27.8 Å². The number of ether oxygens (including phenoxy) is 5. The minimum absolute atomic E-state index is 0.218. The maximum absolute atomic E-state index is 12.1. The quantitative estimate of drug-likeness (QED) is 0.0876. The van der Waals surface area contributed by atoms with Crippen LogP contribution in [0.15, 0.2) is 163 Å². The maximum Gasteiger partial charge on any atom is 0.116 e. The minimum atomic E-state index is -0.740. The molecular formula is C45H46N2O6S. The predicted octanol–water partition coefficient (Wildman–Crippen LogP) is 8.82. The first kappa shape index (κ1) is 37.8. The first-order valence-electron chi connectivity index (χ1n) is 18.3. The van der Waals surface area contributed by atoms with Gasteiger partial charge in [0, 0.05) is 18.1 Å². The Morgan fingerprint density at radius 1 is 0.574 bits per heavy atom. The summed E-state index contributed by atoms with van der Waals surface area (Å²) in [5, 5.41) is 16.0. The number of rotatable bonds is 18. The Kier molecular flexibility index (Phi) is 13.8. The van der Waals surface area contributed by atoms with Crippen LogP contribution in [0.1, 0.15) is 38.9 Å². The summed E-state index contributed by atoms with van der Waals surface area (Å²) >= 11 is 1.46. The lowest BCUT2D eigenvalue weighted by Gasteiger charge is -2.49. The van der Waals surface area contributed by atoms with Crippen molar-refractivity contribution in [2.45, 2.75) is 69.5 Å². The van der Waals surface area contributed by atoms with E-state index >= 15 is 0 Å². The van der Waals surface area contributed by atoms with Gasteiger partial charge in [-0.25, -0.2) is 4.98 Å². The predicted molar refractivity (Wildman–Crippen MR) is 208 cm³/mol. The van der Waals surface area contributed by atoms with E-state index in [0.29, 0.717) is 31.4 Å². The van der Waals surface area contributed by atoms with Crippen molar-refractivity contribution < 1.29 is 28.9 Å². The molecule has 0 saturated carbocycles. The summed E-state index contributed by atoms with van der Waals surface area (Å²) in [6, 6.07) is 49.5. The summed E-state index contributed by atoms with van der Waals surface area (Å²) in [6.45, 7) is 1.82. The molecule has 1 fully saturated rings. The monoisotopic (exact) mass is 742 g/mol. The largest absolute Gasteiger partial charge is 0.374 e. The van der Waals surface area contributed by atoms with Crippen molar-refractivity contribution in [1.29, 1.82) is 0 Å². The fourth-order valence-corrected chi connectivity index (χ4v) is 7.54. The van der Waals surface area contributed by atoms with Crippen LogP contribution in [0.3, 0.4) is 0 Å². The van der Waals surface area contributed by atoms with Crippen molar-refractivity contribution in [3.63, 3.8) is 0 Å². The van der Waals surface area contributed by atoms with Gasteiger partial charge in [0.05, 0.1) is 33.0 Å². The van der Waals surface area contributed by atoms with Gasteiger partial charge in [-0.15, -0.1) is 11.3 Å². The maximum atomic E-state index is 12.1. The molecule has 278 valence electrons. The van der Waals surface area contributed by atoms with Gasteiger partial charge in [0.25, 0.3) is 0 Å². The zero-order valence-corrected chi connectivity index (χ0v) is 30.9. The van der Waals surface area contributed by atoms with Gasteiger partial charge in [-0.2, -0.15) is 5.06 Å². The fourth-order valence-electron chi connectivity index (χ4n) is 6.77. The van der Waals surface area contributed by atoms with Crippen molar-refractivity contribution in [3.05, 3.63) is 196 Å². The van der Waals surface area contributed by atoms with E-state index in [1.54, 1.807) is 6.20 Å². The van der Waals surface area contributed by atoms with Gasteiger partial charge < -0.3 is 28.9 Å². The molecule has 1 aliphatic rings. The van der Waals surface area contributed by atoms with Crippen LogP contribution in [0.25, 0.3) is 0 Å². The molecule has 1 aliphatic heterocycles. The van der Waals surface area contributed by atoms with Crippen LogP contribution in [0.2, 0.25) is 0 Å². The van der Waals surface area contributed by atoms with Gasteiger partial charge in [0.1, 0.15) is 41.6 Å². The second kappa shape index (κ2) is 19.7. The molecule has 1 N–H and O–H groups in total. The first-order chi connectivity index (χ1) is 26.7. The molecule has 54 heavy (non-hydrogen) atoms. The summed E-state index contributed by atoms with van der Waals surface area (Å²) in [5.41, 5.74) is 5.05. The van der Waals surface area contributed by atoms with Crippen LogP contribution in [-0.2, 0) is 56.7 Å². The third-order valence-corrected chi connectivity index (χ3v) is 10.3. The van der Waals surface area contributed by atoms with E-state index < -0.39 is 36.6 Å². The Hall–Kier alpha value is -4.55. The number of hydrogen-bond acceptors (Lipinski definition) is 9. The zero-order valence-electron chi connectivity index (χ0n) is 30.1. The molecule has 1 saturated heterocycles. The Morgan fingerprint density at radius 3 is 1.50 bits per heavy atom. The second-order valence-electron chi connectivity index (χ2n) is 13.3. The molecule has 6 atom stereocenters. The first-order valence-corrected chi connectivity index (χ1v) is 19.2. The topological polar surface area (TPSA) is 82.5 Å². The van der Waals surface area contributed by atoms with Gasteiger partial charge in [-0.1, -0.05) is 152 Å². The van der Waals surface area contributed by atoms with Crippen LogP contribution >= 0.6 is 11.3 Å². The van der Waals surface area contributed by atoms with E-state index in [1.807, 2.05) is 157 Å². The smallest absolute Gasteiger partial charge is 0.116 e. The number of aromatic nitrogens is 1. The van der Waals surface area contributed by atoms with Crippen molar-refractivity contribution in [3.8, 4) is 0 Å². The van der Waals surface area contributed by atoms with E-state index in [1.165, 1.54) is 16.4 Å². The molecule has 0 unspecified atom stereocenters. The van der Waals surface area contributed by atoms with Crippen molar-refractivity contribution in [2.75, 3.05) is 6.61 Å². The average Bonchev–Trinajstić information content (AvgIpc) is 3.76. The molecule has 0 aliphatic carbocycles. The van der Waals surface area contributed by atoms with Crippen LogP contribution in [0, 0.1) is 0 Å². The van der Waals surface area contributed by atoms with E-state index in [2.05, 4.69) is 0 Å². The van der Waals surface area contributed by atoms with Crippen LogP contribution < -0.4 is 0 Å². The SMILES string of the molecule is ON(Cc1ccccc1)[C@H](c1nccs1)[C@@H]1O[C@H](COCc2ccccc2)[C@H](OCc2ccccc2)[C@H](OCc2ccccc2)[C@H]1OCc1ccccc1. The van der Waals surface area contributed by atoms with E-state index in [9.17, 15) is 5.21 Å². The second-order valence-corrected chi connectivity index (χ2v) is 14.2. The highest BCUT2D eigenvalue weighted by Gasteiger charge is 2.52. The molecule has 0 spiro atoms. The number of thiazole rings is 1. The van der Waals surface area contributed by atoms with Crippen LogP contribution in [0.5, 0.6) is 0 Å². The molecular weight excluding hydrogens is 697 g/mol. The van der Waals surface area contributed by atoms with Crippen LogP contribution in [0.4, 0.5) is 0 Å². The highest BCUT2D eigenvalue weighted by molar-refractivity contribution is 7.09. The van der Waals surface area contributed by atoms with Gasteiger partial charge in [0.2, 0.25) is 0 Å². The third-order valence-electron chi connectivity index (χ3n) is 9.44. The summed E-state index contributed by atoms with van der Waals surface area (Å²) < 4.78 is 34.3. The molecule has 0 amide bonds. The normalized spacial score (nSPS) is 20.5. The number of hydrogen-bond donors (Lipinski definition) is 1. The Morgan fingerprint density at radius 2 is 1.02 bits per heavy atom. The average molecular weight is 743 g/mol. The van der Waals surface area contributed by atoms with Crippen molar-refractivity contribution in [2.24, 2.45) is 0 Å². The Bertz CT molecular complexity index is 1910. The Labute approximate surface area is 321 Å². The molecule has 0 radical (unpaired) electrons.